The quantitative estimate of drug-likeness (QED) is 0.166. The molecule has 14 rings (SSSR count). The Labute approximate surface area is 366 Å². The van der Waals surface area contributed by atoms with Gasteiger partial charge in [-0.3, -0.25) is 0 Å². The molecule has 296 valence electrons. The van der Waals surface area contributed by atoms with Crippen molar-refractivity contribution in [3.63, 3.8) is 0 Å². The Balaban J connectivity index is 1.05. The lowest BCUT2D eigenvalue weighted by Crippen LogP contribution is -2.02. The van der Waals surface area contributed by atoms with Gasteiger partial charge < -0.3 is 8.98 Å². The highest BCUT2D eigenvalue weighted by molar-refractivity contribution is 6.16. The highest BCUT2D eigenvalue weighted by Crippen LogP contribution is 2.42. The number of rotatable bonds is 4. The van der Waals surface area contributed by atoms with Crippen molar-refractivity contribution in [2.45, 2.75) is 0 Å². The number of fused-ring (bicyclic) bond motifs is 13. The maximum atomic E-state index is 6.84. The van der Waals surface area contributed by atoms with Gasteiger partial charge in [-0.25, -0.2) is 15.0 Å². The highest BCUT2D eigenvalue weighted by atomic mass is 16.3. The number of nitrogens with zero attached hydrogens (tertiary/aromatic N) is 4. The molecule has 0 atom stereocenters. The van der Waals surface area contributed by atoms with Gasteiger partial charge in [-0.05, 0) is 102 Å². The molecule has 11 aromatic carbocycles. The first kappa shape index (κ1) is 35.0. The second-order valence-corrected chi connectivity index (χ2v) is 16.8. The van der Waals surface area contributed by atoms with E-state index in [9.17, 15) is 0 Å². The Kier molecular flexibility index (Phi) is 7.33. The van der Waals surface area contributed by atoms with E-state index in [2.05, 4.69) is 199 Å². The van der Waals surface area contributed by atoms with E-state index in [0.717, 1.165) is 66.1 Å². The van der Waals surface area contributed by atoms with Crippen molar-refractivity contribution < 1.29 is 4.42 Å². The molecule has 0 N–H and O–H groups in total. The highest BCUT2D eigenvalue weighted by Gasteiger charge is 2.22. The van der Waals surface area contributed by atoms with Crippen molar-refractivity contribution >= 4 is 97.6 Å². The topological polar surface area (TPSA) is 56.7 Å². The summed E-state index contributed by atoms with van der Waals surface area (Å²) in [4.78, 5) is 16.0. The summed E-state index contributed by atoms with van der Waals surface area (Å²) in [5, 5.41) is 16.3. The van der Waals surface area contributed by atoms with E-state index in [0.29, 0.717) is 17.5 Å². The second-order valence-electron chi connectivity index (χ2n) is 16.8. The lowest BCUT2D eigenvalue weighted by Gasteiger charge is -2.13. The van der Waals surface area contributed by atoms with Crippen LogP contribution in [-0.4, -0.2) is 19.5 Å². The second kappa shape index (κ2) is 13.4. The van der Waals surface area contributed by atoms with E-state index in [4.69, 9.17) is 19.4 Å². The van der Waals surface area contributed by atoms with Crippen LogP contribution in [-0.2, 0) is 0 Å². The van der Waals surface area contributed by atoms with Crippen molar-refractivity contribution in [1.82, 2.24) is 19.5 Å². The van der Waals surface area contributed by atoms with Crippen molar-refractivity contribution in [1.29, 1.82) is 0 Å². The Bertz CT molecular complexity index is 4140. The van der Waals surface area contributed by atoms with Crippen LogP contribution in [0, 0.1) is 0 Å². The minimum Gasteiger partial charge on any atom is -0.454 e. The van der Waals surface area contributed by atoms with Crippen LogP contribution in [0.5, 0.6) is 0 Å². The maximum Gasteiger partial charge on any atom is 0.164 e. The minimum atomic E-state index is 0.580. The number of hydrogen-bond donors (Lipinski definition) is 0. The van der Waals surface area contributed by atoms with E-state index in [1.807, 2.05) is 12.1 Å². The van der Waals surface area contributed by atoms with Gasteiger partial charge in [0.2, 0.25) is 0 Å². The lowest BCUT2D eigenvalue weighted by atomic mass is 9.99. The largest absolute Gasteiger partial charge is 0.454 e. The molecule has 64 heavy (non-hydrogen) atoms. The van der Waals surface area contributed by atoms with Crippen LogP contribution in [0.4, 0.5) is 0 Å². The molecule has 0 saturated carbocycles. The summed E-state index contributed by atoms with van der Waals surface area (Å²) in [7, 11) is 0. The number of hydrogen-bond acceptors (Lipinski definition) is 4. The summed E-state index contributed by atoms with van der Waals surface area (Å²) < 4.78 is 9.20. The third kappa shape index (κ3) is 5.28. The van der Waals surface area contributed by atoms with Crippen molar-refractivity contribution in [2.75, 3.05) is 0 Å². The molecule has 0 spiro atoms. The van der Waals surface area contributed by atoms with Gasteiger partial charge in [0.1, 0.15) is 5.58 Å². The van der Waals surface area contributed by atoms with E-state index >= 15 is 0 Å². The number of furan rings is 1. The average molecular weight is 815 g/mol. The van der Waals surface area contributed by atoms with E-state index < -0.39 is 0 Å². The molecule has 0 bridgehead atoms. The average Bonchev–Trinajstić information content (AvgIpc) is 3.90. The smallest absolute Gasteiger partial charge is 0.164 e. The van der Waals surface area contributed by atoms with Gasteiger partial charge >= 0.3 is 0 Å². The first-order valence-electron chi connectivity index (χ1n) is 21.7. The molecule has 0 fully saturated rings. The van der Waals surface area contributed by atoms with Gasteiger partial charge in [-0.1, -0.05) is 158 Å². The van der Waals surface area contributed by atoms with Crippen molar-refractivity contribution in [3.8, 4) is 39.9 Å². The number of para-hydroxylation sites is 2. The molecule has 5 nitrogen and oxygen atoms in total. The third-order valence-electron chi connectivity index (χ3n) is 13.1. The molecule has 0 aliphatic carbocycles. The fourth-order valence-corrected chi connectivity index (χ4v) is 10.1. The van der Waals surface area contributed by atoms with Crippen LogP contribution in [0.25, 0.3) is 137 Å². The maximum absolute atomic E-state index is 6.84. The van der Waals surface area contributed by atoms with Crippen LogP contribution in [0.3, 0.4) is 0 Å². The number of aromatic nitrogens is 4. The first-order valence-corrected chi connectivity index (χ1v) is 21.7. The van der Waals surface area contributed by atoms with Gasteiger partial charge in [-0.2, -0.15) is 0 Å². The predicted molar refractivity (Wildman–Crippen MR) is 265 cm³/mol. The normalized spacial score (nSPS) is 12.1. The molecule has 0 radical (unpaired) electrons. The molecule has 5 heteroatoms. The van der Waals surface area contributed by atoms with Crippen LogP contribution < -0.4 is 0 Å². The minimum absolute atomic E-state index is 0.580. The third-order valence-corrected chi connectivity index (χ3v) is 13.1. The summed E-state index contributed by atoms with van der Waals surface area (Å²) in [6.45, 7) is 0. The summed E-state index contributed by atoms with van der Waals surface area (Å²) in [5.41, 5.74) is 7.45. The van der Waals surface area contributed by atoms with E-state index in [1.54, 1.807) is 0 Å². The van der Waals surface area contributed by atoms with Gasteiger partial charge in [-0.15, -0.1) is 0 Å². The number of benzene rings is 11. The fraction of sp³-hybridized carbons (Fsp3) is 0. The Hall–Kier alpha value is -8.67. The van der Waals surface area contributed by atoms with Gasteiger partial charge in [0, 0.05) is 38.2 Å². The Morgan fingerprint density at radius 2 is 0.797 bits per heavy atom. The Morgan fingerprint density at radius 3 is 1.45 bits per heavy atom. The zero-order valence-electron chi connectivity index (χ0n) is 34.3. The molecule has 3 heterocycles. The molecule has 0 amide bonds. The lowest BCUT2D eigenvalue weighted by molar-refractivity contribution is 0.666. The summed E-state index contributed by atoms with van der Waals surface area (Å²) >= 11 is 0. The summed E-state index contributed by atoms with van der Waals surface area (Å²) in [5.74, 6) is 1.79. The van der Waals surface area contributed by atoms with Crippen LogP contribution in [0.1, 0.15) is 0 Å². The van der Waals surface area contributed by atoms with Crippen molar-refractivity contribution in [2.24, 2.45) is 0 Å². The van der Waals surface area contributed by atoms with E-state index in [-0.39, 0.29) is 0 Å². The van der Waals surface area contributed by atoms with Crippen LogP contribution in [0.2, 0.25) is 0 Å². The van der Waals surface area contributed by atoms with Crippen LogP contribution >= 0.6 is 0 Å². The molecule has 0 aliphatic heterocycles. The zero-order valence-corrected chi connectivity index (χ0v) is 34.3. The molecular formula is C59H34N4O. The zero-order chi connectivity index (χ0) is 41.9. The fourth-order valence-electron chi connectivity index (χ4n) is 10.1. The van der Waals surface area contributed by atoms with Crippen LogP contribution in [0.15, 0.2) is 211 Å². The Morgan fingerprint density at radius 1 is 0.297 bits per heavy atom. The predicted octanol–water partition coefficient (Wildman–Crippen LogP) is 15.6. The van der Waals surface area contributed by atoms with Crippen molar-refractivity contribution in [3.05, 3.63) is 206 Å². The summed E-state index contributed by atoms with van der Waals surface area (Å²) in [6, 6.07) is 73.4. The van der Waals surface area contributed by atoms with Gasteiger partial charge in [0.05, 0.1) is 16.7 Å². The monoisotopic (exact) mass is 814 g/mol. The molecule has 0 saturated heterocycles. The summed E-state index contributed by atoms with van der Waals surface area (Å²) in [6.07, 6.45) is 0. The first-order chi connectivity index (χ1) is 31.7. The molecule has 0 unspecified atom stereocenters. The molecule has 14 aromatic rings. The molecular weight excluding hydrogens is 781 g/mol. The van der Waals surface area contributed by atoms with E-state index in [1.165, 1.54) is 53.9 Å². The molecule has 0 aliphatic rings. The molecule has 3 aromatic heterocycles. The van der Waals surface area contributed by atoms with Gasteiger partial charge in [0.15, 0.2) is 23.1 Å². The van der Waals surface area contributed by atoms with Gasteiger partial charge in [0.25, 0.3) is 0 Å². The standard InChI is InChI=1S/C59H34N4O/c1-2-14-38-33-53-50(31-37(38)13-1)48-17-7-9-19-52(48)63(53)54-34-43(32-51-49-18-8-10-20-55(49)64-56(51)54)59-61-57(41-25-27-46-39(29-41)23-21-35-11-3-5-15-44(35)46)60-58(62-59)42-26-28-47-40(30-42)24-22-36-12-4-6-16-45(36)47/h1-34H. The SMILES string of the molecule is c1ccc2cc3c(cc2c1)c1ccccc1n3-c1cc(-c2nc(-c3ccc4c(ccc5ccccc54)c3)nc(-c3ccc4c(ccc5ccccc54)c3)n2)cc2c1oc1ccccc12.